The van der Waals surface area contributed by atoms with E-state index in [1.165, 1.54) is 5.56 Å². The Bertz CT molecular complexity index is 1120. The monoisotopic (exact) mass is 390 g/mol. The molecule has 0 saturated carbocycles. The van der Waals surface area contributed by atoms with Gasteiger partial charge >= 0.3 is 0 Å². The summed E-state index contributed by atoms with van der Waals surface area (Å²) in [5, 5.41) is 5.88. The largest absolute Gasteiger partial charge is 0.241 e. The molecule has 0 amide bonds. The standard InChI is InChI=1S/C23H26N4S/c1-6-17(7-2)19-13-14(3)26-27-20(15(4)24-22(19)27)21-16(5)25-23(28-21)18-11-9-8-10-12-18/h8-13,17H,6-7H2,1-5H3. The predicted molar refractivity (Wildman–Crippen MR) is 117 cm³/mol. The lowest BCUT2D eigenvalue weighted by Crippen LogP contribution is -2.05. The van der Waals surface area contributed by atoms with E-state index in [0.29, 0.717) is 5.92 Å². The number of nitrogens with zero attached hydrogens (tertiary/aromatic N) is 4. The van der Waals surface area contributed by atoms with Crippen LogP contribution in [-0.4, -0.2) is 19.6 Å². The van der Waals surface area contributed by atoms with Gasteiger partial charge in [0.2, 0.25) is 0 Å². The van der Waals surface area contributed by atoms with Crippen molar-refractivity contribution in [2.45, 2.75) is 53.4 Å². The fourth-order valence-electron chi connectivity index (χ4n) is 3.89. The van der Waals surface area contributed by atoms with Gasteiger partial charge in [-0.15, -0.1) is 11.3 Å². The third kappa shape index (κ3) is 3.14. The van der Waals surface area contributed by atoms with Crippen LogP contribution in [0.2, 0.25) is 0 Å². The fourth-order valence-corrected chi connectivity index (χ4v) is 5.04. The Morgan fingerprint density at radius 3 is 2.36 bits per heavy atom. The summed E-state index contributed by atoms with van der Waals surface area (Å²) < 4.78 is 2.05. The van der Waals surface area contributed by atoms with Crippen molar-refractivity contribution in [2.24, 2.45) is 0 Å². The molecule has 28 heavy (non-hydrogen) atoms. The number of hydrogen-bond donors (Lipinski definition) is 0. The number of aryl methyl sites for hydroxylation is 3. The van der Waals surface area contributed by atoms with Gasteiger partial charge in [-0.05, 0) is 45.6 Å². The Kier molecular flexibility index (Phi) is 5.02. The topological polar surface area (TPSA) is 43.1 Å². The van der Waals surface area contributed by atoms with E-state index in [0.717, 1.165) is 56.7 Å². The van der Waals surface area contributed by atoms with Gasteiger partial charge in [0.05, 0.1) is 22.0 Å². The van der Waals surface area contributed by atoms with Gasteiger partial charge in [0.15, 0.2) is 5.65 Å². The number of aromatic nitrogens is 4. The molecule has 3 heterocycles. The minimum atomic E-state index is 0.501. The van der Waals surface area contributed by atoms with Gasteiger partial charge in [-0.2, -0.15) is 5.10 Å². The average molecular weight is 391 g/mol. The number of imidazole rings is 1. The first-order valence-electron chi connectivity index (χ1n) is 9.93. The predicted octanol–water partition coefficient (Wildman–Crippen LogP) is 6.35. The van der Waals surface area contributed by atoms with Crippen LogP contribution >= 0.6 is 11.3 Å². The normalized spacial score (nSPS) is 11.6. The second-order valence-corrected chi connectivity index (χ2v) is 8.33. The maximum Gasteiger partial charge on any atom is 0.158 e. The first-order chi connectivity index (χ1) is 13.5. The average Bonchev–Trinajstić information content (AvgIpc) is 3.22. The summed E-state index contributed by atoms with van der Waals surface area (Å²) in [6, 6.07) is 12.6. The minimum absolute atomic E-state index is 0.501. The fraction of sp³-hybridized carbons (Fsp3) is 0.348. The molecule has 0 aliphatic rings. The minimum Gasteiger partial charge on any atom is -0.241 e. The van der Waals surface area contributed by atoms with Gasteiger partial charge < -0.3 is 0 Å². The van der Waals surface area contributed by atoms with E-state index >= 15 is 0 Å². The first-order valence-corrected chi connectivity index (χ1v) is 10.7. The smallest absolute Gasteiger partial charge is 0.158 e. The first kappa shape index (κ1) is 18.8. The third-order valence-corrected chi connectivity index (χ3v) is 6.58. The molecule has 0 spiro atoms. The van der Waals surface area contributed by atoms with E-state index < -0.39 is 0 Å². The van der Waals surface area contributed by atoms with E-state index in [9.17, 15) is 0 Å². The molecule has 5 heteroatoms. The van der Waals surface area contributed by atoms with Crippen LogP contribution in [0.4, 0.5) is 0 Å². The van der Waals surface area contributed by atoms with E-state index in [1.807, 2.05) is 10.6 Å². The molecule has 0 bridgehead atoms. The molecule has 4 aromatic rings. The van der Waals surface area contributed by atoms with Gasteiger partial charge in [-0.25, -0.2) is 14.5 Å². The summed E-state index contributed by atoms with van der Waals surface area (Å²) >= 11 is 1.72. The lowest BCUT2D eigenvalue weighted by atomic mass is 9.95. The number of fused-ring (bicyclic) bond motifs is 1. The molecule has 0 atom stereocenters. The van der Waals surface area contributed by atoms with E-state index in [2.05, 4.69) is 65.0 Å². The molecule has 3 aromatic heterocycles. The van der Waals surface area contributed by atoms with E-state index in [-0.39, 0.29) is 0 Å². The van der Waals surface area contributed by atoms with Gasteiger partial charge in [0.25, 0.3) is 0 Å². The van der Waals surface area contributed by atoms with Crippen LogP contribution in [-0.2, 0) is 0 Å². The molecule has 4 nitrogen and oxygen atoms in total. The molecule has 0 unspecified atom stereocenters. The summed E-state index contributed by atoms with van der Waals surface area (Å²) in [5.41, 5.74) is 7.58. The summed E-state index contributed by atoms with van der Waals surface area (Å²) in [5.74, 6) is 0.501. The Labute approximate surface area is 170 Å². The molecule has 1 aromatic carbocycles. The highest BCUT2D eigenvalue weighted by Crippen LogP contribution is 2.38. The number of hydrogen-bond acceptors (Lipinski definition) is 4. The highest BCUT2D eigenvalue weighted by atomic mass is 32.1. The van der Waals surface area contributed by atoms with Crippen LogP contribution in [0.3, 0.4) is 0 Å². The summed E-state index contributed by atoms with van der Waals surface area (Å²) in [6.07, 6.45) is 2.21. The highest BCUT2D eigenvalue weighted by Gasteiger charge is 2.22. The number of thiazole rings is 1. The van der Waals surface area contributed by atoms with Crippen LogP contribution in [0.5, 0.6) is 0 Å². The Morgan fingerprint density at radius 2 is 1.68 bits per heavy atom. The summed E-state index contributed by atoms with van der Waals surface area (Å²) in [4.78, 5) is 10.9. The Hall–Kier alpha value is -2.53. The molecule has 0 fully saturated rings. The second-order valence-electron chi connectivity index (χ2n) is 7.34. The molecule has 0 aliphatic carbocycles. The van der Waals surface area contributed by atoms with E-state index in [1.54, 1.807) is 11.3 Å². The molecule has 0 N–H and O–H groups in total. The lowest BCUT2D eigenvalue weighted by molar-refractivity contribution is 0.638. The van der Waals surface area contributed by atoms with Gasteiger partial charge in [-0.3, -0.25) is 0 Å². The molecule has 4 rings (SSSR count). The van der Waals surface area contributed by atoms with Crippen molar-refractivity contribution >= 4 is 17.0 Å². The van der Waals surface area contributed by atoms with E-state index in [4.69, 9.17) is 15.1 Å². The van der Waals surface area contributed by atoms with Crippen LogP contribution in [0.15, 0.2) is 36.4 Å². The quantitative estimate of drug-likeness (QED) is 0.399. The SMILES string of the molecule is CCC(CC)c1cc(C)nn2c(-c3sc(-c4ccccc4)nc3C)c(C)nc12. The van der Waals surface area contributed by atoms with Crippen molar-refractivity contribution in [1.82, 2.24) is 19.6 Å². The maximum absolute atomic E-state index is 4.95. The molecule has 0 aliphatic heterocycles. The zero-order chi connectivity index (χ0) is 19.8. The van der Waals surface area contributed by atoms with Crippen LogP contribution < -0.4 is 0 Å². The second kappa shape index (κ2) is 7.47. The van der Waals surface area contributed by atoms with Crippen LogP contribution in [0.1, 0.15) is 55.3 Å². The molecular formula is C23H26N4S. The molecule has 0 radical (unpaired) electrons. The summed E-state index contributed by atoms with van der Waals surface area (Å²) in [6.45, 7) is 10.7. The Balaban J connectivity index is 1.93. The van der Waals surface area contributed by atoms with Crippen molar-refractivity contribution in [3.63, 3.8) is 0 Å². The zero-order valence-electron chi connectivity index (χ0n) is 17.2. The highest BCUT2D eigenvalue weighted by molar-refractivity contribution is 7.18. The third-order valence-electron chi connectivity index (χ3n) is 5.37. The van der Waals surface area contributed by atoms with Crippen molar-refractivity contribution in [2.75, 3.05) is 0 Å². The zero-order valence-corrected chi connectivity index (χ0v) is 18.0. The van der Waals surface area contributed by atoms with Crippen molar-refractivity contribution < 1.29 is 0 Å². The molecule has 144 valence electrons. The van der Waals surface area contributed by atoms with Crippen molar-refractivity contribution in [3.05, 3.63) is 59.0 Å². The number of rotatable bonds is 5. The van der Waals surface area contributed by atoms with Gasteiger partial charge in [-0.1, -0.05) is 44.2 Å². The van der Waals surface area contributed by atoms with Crippen LogP contribution in [0.25, 0.3) is 26.8 Å². The Morgan fingerprint density at radius 1 is 0.964 bits per heavy atom. The van der Waals surface area contributed by atoms with Crippen LogP contribution in [0, 0.1) is 20.8 Å². The van der Waals surface area contributed by atoms with Gasteiger partial charge in [0, 0.05) is 11.1 Å². The number of benzene rings is 1. The summed E-state index contributed by atoms with van der Waals surface area (Å²) in [7, 11) is 0. The van der Waals surface area contributed by atoms with Gasteiger partial charge in [0.1, 0.15) is 10.7 Å². The van der Waals surface area contributed by atoms with Crippen molar-refractivity contribution in [1.29, 1.82) is 0 Å². The maximum atomic E-state index is 4.95. The lowest BCUT2D eigenvalue weighted by Gasteiger charge is -2.14. The molecule has 0 saturated heterocycles. The molecular weight excluding hydrogens is 364 g/mol. The van der Waals surface area contributed by atoms with Crippen molar-refractivity contribution in [3.8, 4) is 21.1 Å².